The Morgan fingerprint density at radius 3 is 2.14 bits per heavy atom. The van der Waals surface area contributed by atoms with Gasteiger partial charge < -0.3 is 14.6 Å². The molecule has 4 heteroatoms. The third-order valence-electron chi connectivity index (χ3n) is 13.4. The van der Waals surface area contributed by atoms with Crippen LogP contribution in [0.3, 0.4) is 0 Å². The maximum atomic E-state index is 12.0. The standard InChI is InChI=1S/C32H54O4/c1-20(33)35-25-13-16-29(6)23(28(25,4)5)12-18-30(7)24(29)19-22(34)26-21(11-17-31(26,30)8)32(9)15-10-14-27(2,3)36-32/h21-26,34H,10-19H2,1-9H3/t21-,22+,23-,24+,25-,26-,29-,30+,31+,32+/m0/s1. The Hall–Kier alpha value is -0.610. The molecule has 1 N–H and O–H groups in total. The van der Waals surface area contributed by atoms with E-state index in [-0.39, 0.29) is 51.0 Å². The molecule has 10 atom stereocenters. The summed E-state index contributed by atoms with van der Waals surface area (Å²) in [5, 5.41) is 12.0. The molecule has 1 aliphatic heterocycles. The minimum atomic E-state index is -0.268. The fraction of sp³-hybridized carbons (Fsp3) is 0.969. The van der Waals surface area contributed by atoms with Gasteiger partial charge in [-0.15, -0.1) is 0 Å². The largest absolute Gasteiger partial charge is 0.462 e. The third kappa shape index (κ3) is 3.62. The molecule has 0 amide bonds. The molecule has 0 aromatic heterocycles. The van der Waals surface area contributed by atoms with Gasteiger partial charge in [0.1, 0.15) is 6.10 Å². The summed E-state index contributed by atoms with van der Waals surface area (Å²) < 4.78 is 12.8. The van der Waals surface area contributed by atoms with Crippen LogP contribution in [0.2, 0.25) is 0 Å². The number of carbonyl (C=O) groups excluding carboxylic acids is 1. The second kappa shape index (κ2) is 8.20. The van der Waals surface area contributed by atoms with E-state index in [4.69, 9.17) is 9.47 Å². The highest BCUT2D eigenvalue weighted by molar-refractivity contribution is 5.66. The highest BCUT2D eigenvalue weighted by atomic mass is 16.5. The molecule has 4 saturated carbocycles. The maximum Gasteiger partial charge on any atom is 0.302 e. The zero-order chi connectivity index (χ0) is 26.5. The number of aliphatic hydroxyl groups is 1. The molecule has 1 heterocycles. The summed E-state index contributed by atoms with van der Waals surface area (Å²) in [6, 6.07) is 0. The number of hydrogen-bond acceptors (Lipinski definition) is 4. The van der Waals surface area contributed by atoms with E-state index >= 15 is 0 Å². The van der Waals surface area contributed by atoms with Crippen molar-refractivity contribution in [3.63, 3.8) is 0 Å². The minimum absolute atomic E-state index is 0.00287. The van der Waals surface area contributed by atoms with Crippen LogP contribution in [0, 0.1) is 45.3 Å². The first-order valence-corrected chi connectivity index (χ1v) is 15.1. The monoisotopic (exact) mass is 502 g/mol. The van der Waals surface area contributed by atoms with E-state index in [0.717, 1.165) is 32.1 Å². The molecule has 206 valence electrons. The van der Waals surface area contributed by atoms with Crippen molar-refractivity contribution in [2.75, 3.05) is 0 Å². The Morgan fingerprint density at radius 2 is 1.50 bits per heavy atom. The molecular formula is C32H54O4. The first kappa shape index (κ1) is 27.0. The van der Waals surface area contributed by atoms with Crippen LogP contribution in [0.1, 0.15) is 127 Å². The van der Waals surface area contributed by atoms with Crippen molar-refractivity contribution in [2.45, 2.75) is 150 Å². The first-order chi connectivity index (χ1) is 16.5. The van der Waals surface area contributed by atoms with Gasteiger partial charge in [0.05, 0.1) is 17.3 Å². The predicted molar refractivity (Wildman–Crippen MR) is 143 cm³/mol. The molecular weight excluding hydrogens is 448 g/mol. The van der Waals surface area contributed by atoms with Crippen LogP contribution >= 0.6 is 0 Å². The fourth-order valence-electron chi connectivity index (χ4n) is 11.7. The third-order valence-corrected chi connectivity index (χ3v) is 13.4. The van der Waals surface area contributed by atoms with Crippen LogP contribution in [0.15, 0.2) is 0 Å². The number of ether oxygens (including phenoxy) is 2. The van der Waals surface area contributed by atoms with Crippen LogP contribution in [0.4, 0.5) is 0 Å². The van der Waals surface area contributed by atoms with E-state index < -0.39 is 0 Å². The molecule has 4 nitrogen and oxygen atoms in total. The molecule has 5 rings (SSSR count). The number of carbonyl (C=O) groups is 1. The summed E-state index contributed by atoms with van der Waals surface area (Å²) >= 11 is 0. The minimum Gasteiger partial charge on any atom is -0.462 e. The van der Waals surface area contributed by atoms with E-state index in [1.807, 2.05) is 0 Å². The highest BCUT2D eigenvalue weighted by Crippen LogP contribution is 2.76. The van der Waals surface area contributed by atoms with Gasteiger partial charge in [0.2, 0.25) is 0 Å². The number of esters is 1. The first-order valence-electron chi connectivity index (χ1n) is 15.1. The molecule has 0 aromatic carbocycles. The van der Waals surface area contributed by atoms with Gasteiger partial charge in [-0.05, 0) is 125 Å². The molecule has 5 aliphatic rings. The SMILES string of the molecule is CC(=O)O[C@H]1CC[C@]2(C)[C@H]3C[C@@H](O)[C@@H]4[C@@H]([C@@]5(C)CCCC(C)(C)O5)CC[C@@]4(C)[C@]3(C)CC[C@H]2C1(C)C. The van der Waals surface area contributed by atoms with Crippen molar-refractivity contribution in [1.82, 2.24) is 0 Å². The van der Waals surface area contributed by atoms with Gasteiger partial charge in [-0.3, -0.25) is 4.79 Å². The van der Waals surface area contributed by atoms with Crippen LogP contribution in [0.25, 0.3) is 0 Å². The van der Waals surface area contributed by atoms with Gasteiger partial charge in [-0.25, -0.2) is 0 Å². The van der Waals surface area contributed by atoms with Crippen LogP contribution in [-0.4, -0.2) is 34.5 Å². The van der Waals surface area contributed by atoms with Gasteiger partial charge in [0.25, 0.3) is 0 Å². The van der Waals surface area contributed by atoms with E-state index in [2.05, 4.69) is 55.4 Å². The van der Waals surface area contributed by atoms with E-state index in [1.165, 1.54) is 32.1 Å². The topological polar surface area (TPSA) is 55.8 Å². The average molecular weight is 503 g/mol. The lowest BCUT2D eigenvalue weighted by Gasteiger charge is -2.70. The number of rotatable bonds is 2. The van der Waals surface area contributed by atoms with Crippen molar-refractivity contribution in [3.05, 3.63) is 0 Å². The molecule has 0 radical (unpaired) electrons. The predicted octanol–water partition coefficient (Wildman–Crippen LogP) is 7.31. The Balaban J connectivity index is 1.48. The highest BCUT2D eigenvalue weighted by Gasteiger charge is 2.72. The summed E-state index contributed by atoms with van der Waals surface area (Å²) in [6.45, 7) is 20.8. The van der Waals surface area contributed by atoms with Gasteiger partial charge in [-0.1, -0.05) is 34.6 Å². The van der Waals surface area contributed by atoms with E-state index in [0.29, 0.717) is 23.7 Å². The van der Waals surface area contributed by atoms with E-state index in [1.54, 1.807) is 6.92 Å². The second-order valence-electron chi connectivity index (χ2n) is 15.9. The Bertz CT molecular complexity index is 895. The number of fused-ring (bicyclic) bond motifs is 5. The molecule has 36 heavy (non-hydrogen) atoms. The molecule has 5 fully saturated rings. The fourth-order valence-corrected chi connectivity index (χ4v) is 11.7. The summed E-state index contributed by atoms with van der Waals surface area (Å²) in [6.07, 6.45) is 10.9. The van der Waals surface area contributed by atoms with Gasteiger partial charge in [-0.2, -0.15) is 0 Å². The number of hydrogen-bond donors (Lipinski definition) is 1. The van der Waals surface area contributed by atoms with Gasteiger partial charge in [0, 0.05) is 12.3 Å². The second-order valence-corrected chi connectivity index (χ2v) is 15.9. The lowest BCUT2D eigenvalue weighted by molar-refractivity contribution is -0.258. The van der Waals surface area contributed by atoms with Crippen LogP contribution in [0.5, 0.6) is 0 Å². The Labute approximate surface area is 220 Å². The zero-order valence-corrected chi connectivity index (χ0v) is 24.7. The summed E-state index contributed by atoms with van der Waals surface area (Å²) in [5.41, 5.74) is 0.235. The molecule has 4 aliphatic carbocycles. The molecule has 0 unspecified atom stereocenters. The van der Waals surface area contributed by atoms with Crippen molar-refractivity contribution < 1.29 is 19.4 Å². The van der Waals surface area contributed by atoms with Crippen molar-refractivity contribution in [3.8, 4) is 0 Å². The number of aliphatic hydroxyl groups excluding tert-OH is 1. The van der Waals surface area contributed by atoms with Crippen molar-refractivity contribution in [1.29, 1.82) is 0 Å². The lowest BCUT2D eigenvalue weighted by atomic mass is 9.35. The molecule has 0 aromatic rings. The normalized spacial score (nSPS) is 53.6. The summed E-state index contributed by atoms with van der Waals surface area (Å²) in [5.74, 6) is 1.58. The average Bonchev–Trinajstić information content (AvgIpc) is 3.12. The zero-order valence-electron chi connectivity index (χ0n) is 24.7. The van der Waals surface area contributed by atoms with Crippen molar-refractivity contribution in [2.24, 2.45) is 45.3 Å². The summed E-state index contributed by atoms with van der Waals surface area (Å²) in [4.78, 5) is 11.9. The molecule has 0 spiro atoms. The van der Waals surface area contributed by atoms with Gasteiger partial charge >= 0.3 is 5.97 Å². The van der Waals surface area contributed by atoms with Crippen LogP contribution < -0.4 is 0 Å². The van der Waals surface area contributed by atoms with E-state index in [9.17, 15) is 9.90 Å². The maximum absolute atomic E-state index is 12.0. The van der Waals surface area contributed by atoms with Crippen LogP contribution in [-0.2, 0) is 14.3 Å². The smallest absolute Gasteiger partial charge is 0.302 e. The quantitative estimate of drug-likeness (QED) is 0.402. The summed E-state index contributed by atoms with van der Waals surface area (Å²) in [7, 11) is 0. The van der Waals surface area contributed by atoms with Gasteiger partial charge in [0.15, 0.2) is 0 Å². The van der Waals surface area contributed by atoms with Crippen molar-refractivity contribution >= 4 is 5.97 Å². The Morgan fingerprint density at radius 1 is 0.833 bits per heavy atom. The molecule has 1 saturated heterocycles. The Kier molecular flexibility index (Phi) is 6.14. The molecule has 0 bridgehead atoms. The lowest BCUT2D eigenvalue weighted by Crippen LogP contribution is -2.67.